The van der Waals surface area contributed by atoms with Crippen molar-refractivity contribution >= 4 is 51.3 Å². The average Bonchev–Trinajstić information content (AvgIpc) is 3.73. The van der Waals surface area contributed by atoms with Gasteiger partial charge < -0.3 is 43.4 Å². The first kappa shape index (κ1) is 43.2. The van der Waals surface area contributed by atoms with Gasteiger partial charge in [0.05, 0.1) is 80.9 Å². The quantitative estimate of drug-likeness (QED) is 0.0463. The highest BCUT2D eigenvalue weighted by Gasteiger charge is 2.36. The maximum Gasteiger partial charge on any atom is 0.269 e. The van der Waals surface area contributed by atoms with Crippen molar-refractivity contribution in [2.24, 2.45) is 0 Å². The minimum Gasteiger partial charge on any atom is -0.493 e. The first-order valence-electron chi connectivity index (χ1n) is 19.2. The Kier molecular flexibility index (Phi) is 14.9. The van der Waals surface area contributed by atoms with E-state index in [-0.39, 0.29) is 55.5 Å². The Morgan fingerprint density at radius 2 is 1.74 bits per heavy atom. The Morgan fingerprint density at radius 1 is 0.967 bits per heavy atom. The molecular weight excluding hydrogens is 823 g/mol. The van der Waals surface area contributed by atoms with Crippen molar-refractivity contribution in [1.29, 1.82) is 0 Å². The largest absolute Gasteiger partial charge is 0.493 e. The number of para-hydroxylation sites is 1. The van der Waals surface area contributed by atoms with Gasteiger partial charge in [0.25, 0.3) is 12.0 Å². The van der Waals surface area contributed by atoms with Crippen LogP contribution in [0.2, 0.25) is 5.02 Å². The molecule has 1 aromatic heterocycles. The standard InChI is InChI=1S/C41H42ClFN6O12/c1-53-36-23-33-29(40(45-25-44-33)48(28-9-10-31(43)30(42)21-28)24-26-5-7-27(8-6-26)49(51)52)22-37(36)57-20-19-56-18-17-55-16-15-54-13-12-38(50)46-32-3-2-4-34-39(32)60-41(59-34)35-11-14-58-47-61-35/h2-10,21-23,25,35,41,47H,11-20,24H2,1H3,(H,46,50). The summed E-state index contributed by atoms with van der Waals surface area (Å²) in [6.45, 7) is 2.52. The molecule has 4 aromatic carbocycles. The zero-order valence-corrected chi connectivity index (χ0v) is 33.6. The lowest BCUT2D eigenvalue weighted by Crippen LogP contribution is -2.43. The number of hydrogen-bond donors (Lipinski definition) is 2. The van der Waals surface area contributed by atoms with Gasteiger partial charge in [0.1, 0.15) is 24.6 Å². The lowest BCUT2D eigenvalue weighted by atomic mass is 10.1. The highest BCUT2D eigenvalue weighted by molar-refractivity contribution is 6.31. The van der Waals surface area contributed by atoms with Gasteiger partial charge in [-0.3, -0.25) is 24.6 Å². The maximum absolute atomic E-state index is 14.2. The molecule has 322 valence electrons. The number of aromatic nitrogens is 2. The average molecular weight is 865 g/mol. The van der Waals surface area contributed by atoms with E-state index in [1.807, 2.05) is 0 Å². The predicted octanol–water partition coefficient (Wildman–Crippen LogP) is 6.46. The molecule has 1 saturated heterocycles. The number of halogens is 2. The number of ether oxygens (including phenoxy) is 7. The first-order chi connectivity index (χ1) is 29.8. The van der Waals surface area contributed by atoms with Crippen LogP contribution in [-0.2, 0) is 35.2 Å². The number of nitro benzene ring substituents is 1. The lowest BCUT2D eigenvalue weighted by molar-refractivity contribution is -0.384. The predicted molar refractivity (Wildman–Crippen MR) is 218 cm³/mol. The van der Waals surface area contributed by atoms with Gasteiger partial charge in [-0.25, -0.2) is 14.4 Å². The summed E-state index contributed by atoms with van der Waals surface area (Å²) >= 11 is 6.19. The van der Waals surface area contributed by atoms with Crippen LogP contribution in [0.3, 0.4) is 0 Å². The minimum atomic E-state index is -0.668. The van der Waals surface area contributed by atoms with E-state index >= 15 is 0 Å². The molecule has 0 bridgehead atoms. The Bertz CT molecular complexity index is 2290. The van der Waals surface area contributed by atoms with Gasteiger partial charge >= 0.3 is 0 Å². The van der Waals surface area contributed by atoms with E-state index in [1.54, 1.807) is 53.4 Å². The van der Waals surface area contributed by atoms with Gasteiger partial charge in [0.2, 0.25) is 5.91 Å². The third kappa shape index (κ3) is 11.3. The van der Waals surface area contributed by atoms with Crippen LogP contribution in [0.15, 0.2) is 79.1 Å². The van der Waals surface area contributed by atoms with E-state index in [1.165, 1.54) is 37.7 Å². The molecular formula is C41H42ClFN6O12. The number of nitro groups is 1. The van der Waals surface area contributed by atoms with Crippen molar-refractivity contribution in [3.05, 3.63) is 106 Å². The number of rotatable bonds is 21. The molecule has 2 aliphatic heterocycles. The molecule has 7 rings (SSSR count). The summed E-state index contributed by atoms with van der Waals surface area (Å²) in [5.41, 5.74) is 4.63. The number of benzene rings is 4. The van der Waals surface area contributed by atoms with Crippen LogP contribution < -0.4 is 34.8 Å². The van der Waals surface area contributed by atoms with Gasteiger partial charge in [-0.1, -0.05) is 35.4 Å². The SMILES string of the molecule is COc1cc2ncnc(N(Cc3ccc([N+](=O)[O-])cc3)c3ccc(F)c(Cl)c3)c2cc1OCCOCCOCCOCCC(=O)Nc1cccc2c1OC(C1CCONO1)O2. The number of fused-ring (bicyclic) bond motifs is 2. The second-order valence-corrected chi connectivity index (χ2v) is 13.8. The second kappa shape index (κ2) is 21.0. The van der Waals surface area contributed by atoms with Crippen LogP contribution in [0.5, 0.6) is 23.0 Å². The van der Waals surface area contributed by atoms with Crippen LogP contribution in [0, 0.1) is 15.9 Å². The summed E-state index contributed by atoms with van der Waals surface area (Å²) in [6, 6.07) is 19.1. The van der Waals surface area contributed by atoms with Crippen LogP contribution in [0.4, 0.5) is 27.3 Å². The Balaban J connectivity index is 0.842. The Labute approximate surface area is 353 Å². The number of methoxy groups -OCH3 is 1. The van der Waals surface area contributed by atoms with E-state index in [0.29, 0.717) is 90.5 Å². The van der Waals surface area contributed by atoms with Crippen LogP contribution in [-0.4, -0.2) is 93.2 Å². The maximum atomic E-state index is 14.2. The number of nitrogens with zero attached hydrogens (tertiary/aromatic N) is 4. The monoisotopic (exact) mass is 864 g/mol. The summed E-state index contributed by atoms with van der Waals surface area (Å²) in [5.74, 6) is 1.42. The van der Waals surface area contributed by atoms with Crippen molar-refractivity contribution in [1.82, 2.24) is 15.6 Å². The Morgan fingerprint density at radius 3 is 2.46 bits per heavy atom. The fraction of sp³-hybridized carbons (Fsp3) is 0.341. The van der Waals surface area contributed by atoms with E-state index in [2.05, 4.69) is 20.9 Å². The Hall–Kier alpha value is -5.93. The summed E-state index contributed by atoms with van der Waals surface area (Å²) in [5, 5.41) is 14.6. The number of anilines is 3. The third-order valence-corrected chi connectivity index (χ3v) is 9.65. The van der Waals surface area contributed by atoms with Gasteiger partial charge in [-0.05, 0) is 42.0 Å². The minimum absolute atomic E-state index is 0.0476. The van der Waals surface area contributed by atoms with Crippen LogP contribution in [0.1, 0.15) is 18.4 Å². The van der Waals surface area contributed by atoms with Gasteiger partial charge in [0.15, 0.2) is 29.1 Å². The molecule has 2 unspecified atom stereocenters. The molecule has 61 heavy (non-hydrogen) atoms. The second-order valence-electron chi connectivity index (χ2n) is 13.4. The molecule has 3 heterocycles. The molecule has 18 nitrogen and oxygen atoms in total. The first-order valence-corrected chi connectivity index (χ1v) is 19.6. The fourth-order valence-corrected chi connectivity index (χ4v) is 6.50. The zero-order valence-electron chi connectivity index (χ0n) is 32.9. The summed E-state index contributed by atoms with van der Waals surface area (Å²) in [4.78, 5) is 44.5. The lowest BCUT2D eigenvalue weighted by Gasteiger charge is -2.26. The molecule has 5 aromatic rings. The van der Waals surface area contributed by atoms with E-state index in [9.17, 15) is 19.3 Å². The molecule has 2 aliphatic rings. The molecule has 2 atom stereocenters. The normalized spacial score (nSPS) is 15.7. The molecule has 1 amide bonds. The van der Waals surface area contributed by atoms with Gasteiger partial charge in [-0.15, -0.1) is 0 Å². The topological polar surface area (TPSA) is 196 Å². The highest BCUT2D eigenvalue weighted by Crippen LogP contribution is 2.43. The summed E-state index contributed by atoms with van der Waals surface area (Å²) < 4.78 is 54.5. The molecule has 2 N–H and O–H groups in total. The van der Waals surface area contributed by atoms with Crippen molar-refractivity contribution in [2.45, 2.75) is 31.8 Å². The van der Waals surface area contributed by atoms with E-state index in [4.69, 9.17) is 54.4 Å². The number of nitrogens with one attached hydrogen (secondary N) is 2. The smallest absolute Gasteiger partial charge is 0.269 e. The van der Waals surface area contributed by atoms with Crippen LogP contribution in [0.25, 0.3) is 10.9 Å². The summed E-state index contributed by atoms with van der Waals surface area (Å²) in [6.07, 6.45) is 1.06. The number of carbonyl (C=O) groups excluding carboxylic acids is 1. The highest BCUT2D eigenvalue weighted by atomic mass is 35.5. The molecule has 0 aliphatic carbocycles. The number of hydrogen-bond acceptors (Lipinski definition) is 16. The van der Waals surface area contributed by atoms with E-state index in [0.717, 1.165) is 5.56 Å². The van der Waals surface area contributed by atoms with Gasteiger partial charge in [0, 0.05) is 42.2 Å². The molecule has 0 spiro atoms. The van der Waals surface area contributed by atoms with E-state index < -0.39 is 17.0 Å². The molecule has 0 saturated carbocycles. The van der Waals surface area contributed by atoms with Crippen molar-refractivity contribution < 1.29 is 56.9 Å². The zero-order chi connectivity index (χ0) is 42.6. The number of carbonyl (C=O) groups is 1. The number of amides is 1. The third-order valence-electron chi connectivity index (χ3n) is 9.36. The fourth-order valence-electron chi connectivity index (χ4n) is 6.32. The molecule has 20 heteroatoms. The molecule has 1 fully saturated rings. The van der Waals surface area contributed by atoms with Crippen molar-refractivity contribution in [3.63, 3.8) is 0 Å². The van der Waals surface area contributed by atoms with Gasteiger partial charge in [-0.2, -0.15) is 0 Å². The molecule has 0 radical (unpaired) electrons. The van der Waals surface area contributed by atoms with Crippen molar-refractivity contribution in [3.8, 4) is 23.0 Å². The summed E-state index contributed by atoms with van der Waals surface area (Å²) in [7, 11) is 1.52. The number of non-ortho nitro benzene ring substituents is 1. The van der Waals surface area contributed by atoms with Crippen molar-refractivity contribution in [2.75, 3.05) is 70.2 Å². The van der Waals surface area contributed by atoms with Crippen LogP contribution >= 0.6 is 11.6 Å².